The highest BCUT2D eigenvalue weighted by Gasteiger charge is 2.18. The number of rotatable bonds is 6. The van der Waals surface area contributed by atoms with Crippen LogP contribution in [0.15, 0.2) is 67.0 Å². The van der Waals surface area contributed by atoms with Gasteiger partial charge in [-0.2, -0.15) is 15.5 Å². The van der Waals surface area contributed by atoms with E-state index in [1.54, 1.807) is 18.3 Å². The average Bonchev–Trinajstić information content (AvgIpc) is 3.42. The Labute approximate surface area is 183 Å². The summed E-state index contributed by atoms with van der Waals surface area (Å²) < 4.78 is 8.67. The molecule has 0 saturated carbocycles. The molecule has 0 saturated heterocycles. The van der Waals surface area contributed by atoms with E-state index in [1.807, 2.05) is 55.5 Å². The number of hydrogen-bond donors (Lipinski definition) is 1. The number of nitrogens with zero attached hydrogens (tertiary/aromatic N) is 5. The van der Waals surface area contributed by atoms with E-state index >= 15 is 0 Å². The van der Waals surface area contributed by atoms with Crippen molar-refractivity contribution in [3.63, 3.8) is 0 Å². The summed E-state index contributed by atoms with van der Waals surface area (Å²) in [5, 5.41) is 21.1. The fourth-order valence-electron chi connectivity index (χ4n) is 2.90. The molecule has 2 heterocycles. The number of nitriles is 1. The first kappa shape index (κ1) is 20.2. The lowest BCUT2D eigenvalue weighted by molar-refractivity contribution is 0.101. The molecule has 9 heteroatoms. The zero-order chi connectivity index (χ0) is 21.8. The van der Waals surface area contributed by atoms with Crippen LogP contribution in [0.2, 0.25) is 5.02 Å². The number of para-hydroxylation sites is 1. The number of carbonyl (C=O) groups is 1. The second kappa shape index (κ2) is 8.73. The second-order valence-electron chi connectivity index (χ2n) is 6.67. The predicted octanol–water partition coefficient (Wildman–Crippen LogP) is 4.19. The molecular weight excluding hydrogens is 416 g/mol. The van der Waals surface area contributed by atoms with E-state index in [0.717, 1.165) is 5.56 Å². The minimum absolute atomic E-state index is 0.0852. The summed E-state index contributed by atoms with van der Waals surface area (Å²) in [5.41, 5.74) is 2.15. The SMILES string of the molecule is Cc1ccc(Cl)c(OCn2ccc(C(=O)Nc3c(C#N)cnn3-c3ccccc3)n2)c1. The summed E-state index contributed by atoms with van der Waals surface area (Å²) >= 11 is 6.14. The molecule has 2 aromatic carbocycles. The van der Waals surface area contributed by atoms with Crippen LogP contribution in [0.5, 0.6) is 5.75 Å². The maximum absolute atomic E-state index is 12.8. The van der Waals surface area contributed by atoms with Gasteiger partial charge in [0.25, 0.3) is 5.91 Å². The van der Waals surface area contributed by atoms with E-state index in [0.29, 0.717) is 16.5 Å². The quantitative estimate of drug-likeness (QED) is 0.492. The van der Waals surface area contributed by atoms with Crippen molar-refractivity contribution in [1.82, 2.24) is 19.6 Å². The van der Waals surface area contributed by atoms with Gasteiger partial charge in [-0.25, -0.2) is 9.36 Å². The summed E-state index contributed by atoms with van der Waals surface area (Å²) in [4.78, 5) is 12.8. The summed E-state index contributed by atoms with van der Waals surface area (Å²) in [6.45, 7) is 2.02. The molecule has 0 fully saturated rings. The number of nitrogens with one attached hydrogen (secondary N) is 1. The molecule has 31 heavy (non-hydrogen) atoms. The fourth-order valence-corrected chi connectivity index (χ4v) is 3.07. The van der Waals surface area contributed by atoms with Gasteiger partial charge in [0.2, 0.25) is 0 Å². The van der Waals surface area contributed by atoms with Crippen molar-refractivity contribution in [2.45, 2.75) is 13.7 Å². The van der Waals surface area contributed by atoms with Crippen LogP contribution in [0, 0.1) is 18.3 Å². The standard InChI is InChI=1S/C22H17ClN6O2/c1-15-7-8-18(23)20(11-15)31-14-28-10-9-19(27-28)22(30)26-21-16(12-24)13-25-29(21)17-5-3-2-4-6-17/h2-11,13H,14H2,1H3,(H,26,30). The zero-order valence-electron chi connectivity index (χ0n) is 16.5. The Bertz CT molecular complexity index is 1270. The van der Waals surface area contributed by atoms with Gasteiger partial charge < -0.3 is 10.1 Å². The van der Waals surface area contributed by atoms with E-state index < -0.39 is 5.91 Å². The Morgan fingerprint density at radius 1 is 1.23 bits per heavy atom. The number of benzene rings is 2. The Hall–Kier alpha value is -4.09. The molecule has 8 nitrogen and oxygen atoms in total. The maximum Gasteiger partial charge on any atom is 0.277 e. The van der Waals surface area contributed by atoms with E-state index in [4.69, 9.17) is 16.3 Å². The van der Waals surface area contributed by atoms with Gasteiger partial charge in [0.05, 0.1) is 16.9 Å². The third-order valence-electron chi connectivity index (χ3n) is 4.43. The molecule has 0 radical (unpaired) electrons. The van der Waals surface area contributed by atoms with Crippen LogP contribution in [0.1, 0.15) is 21.6 Å². The maximum atomic E-state index is 12.8. The summed E-state index contributed by atoms with van der Waals surface area (Å²) in [6.07, 6.45) is 3.03. The van der Waals surface area contributed by atoms with Gasteiger partial charge in [-0.15, -0.1) is 0 Å². The van der Waals surface area contributed by atoms with Gasteiger partial charge in [0.1, 0.15) is 17.4 Å². The van der Waals surface area contributed by atoms with Gasteiger partial charge in [0.15, 0.2) is 18.2 Å². The van der Waals surface area contributed by atoms with Crippen molar-refractivity contribution in [3.8, 4) is 17.5 Å². The predicted molar refractivity (Wildman–Crippen MR) is 115 cm³/mol. The van der Waals surface area contributed by atoms with Gasteiger partial charge in [-0.1, -0.05) is 35.9 Å². The van der Waals surface area contributed by atoms with Crippen molar-refractivity contribution in [3.05, 3.63) is 88.8 Å². The van der Waals surface area contributed by atoms with Gasteiger partial charge in [-0.3, -0.25) is 4.79 Å². The second-order valence-corrected chi connectivity index (χ2v) is 7.08. The van der Waals surface area contributed by atoms with E-state index in [1.165, 1.54) is 15.6 Å². The molecule has 0 unspecified atom stereocenters. The average molecular weight is 433 g/mol. The summed E-state index contributed by atoms with van der Waals surface area (Å²) in [5.74, 6) is 0.339. The Morgan fingerprint density at radius 2 is 2.03 bits per heavy atom. The summed E-state index contributed by atoms with van der Waals surface area (Å²) in [6, 6.07) is 18.3. The molecule has 0 aliphatic rings. The van der Waals surface area contributed by atoms with Crippen LogP contribution in [0.25, 0.3) is 5.69 Å². The number of aromatic nitrogens is 4. The lowest BCUT2D eigenvalue weighted by Crippen LogP contribution is -2.17. The molecular formula is C22H17ClN6O2. The molecule has 4 aromatic rings. The van der Waals surface area contributed by atoms with Crippen molar-refractivity contribution < 1.29 is 9.53 Å². The van der Waals surface area contributed by atoms with Crippen LogP contribution >= 0.6 is 11.6 Å². The van der Waals surface area contributed by atoms with Crippen LogP contribution in [-0.2, 0) is 6.73 Å². The number of hydrogen-bond acceptors (Lipinski definition) is 5. The van der Waals surface area contributed by atoms with Crippen LogP contribution < -0.4 is 10.1 Å². The number of anilines is 1. The highest BCUT2D eigenvalue weighted by atomic mass is 35.5. The Morgan fingerprint density at radius 3 is 2.81 bits per heavy atom. The minimum atomic E-state index is -0.471. The number of ether oxygens (including phenoxy) is 1. The van der Waals surface area contributed by atoms with Crippen LogP contribution in [0.3, 0.4) is 0 Å². The fraction of sp³-hybridized carbons (Fsp3) is 0.0909. The molecule has 1 N–H and O–H groups in total. The van der Waals surface area contributed by atoms with E-state index in [9.17, 15) is 10.1 Å². The number of carbonyl (C=O) groups excluding carboxylic acids is 1. The molecule has 154 valence electrons. The van der Waals surface area contributed by atoms with Gasteiger partial charge in [-0.05, 0) is 42.8 Å². The topological polar surface area (TPSA) is 97.8 Å². The molecule has 0 atom stereocenters. The highest BCUT2D eigenvalue weighted by molar-refractivity contribution is 6.32. The molecule has 0 aliphatic carbocycles. The van der Waals surface area contributed by atoms with Crippen molar-refractivity contribution >= 4 is 23.3 Å². The van der Waals surface area contributed by atoms with E-state index in [-0.39, 0.29) is 23.8 Å². The van der Waals surface area contributed by atoms with Crippen LogP contribution in [-0.4, -0.2) is 25.5 Å². The first-order chi connectivity index (χ1) is 15.0. The molecule has 0 aliphatic heterocycles. The highest BCUT2D eigenvalue weighted by Crippen LogP contribution is 2.25. The van der Waals surface area contributed by atoms with Crippen molar-refractivity contribution in [2.24, 2.45) is 0 Å². The van der Waals surface area contributed by atoms with E-state index in [2.05, 4.69) is 15.5 Å². The van der Waals surface area contributed by atoms with Crippen molar-refractivity contribution in [2.75, 3.05) is 5.32 Å². The smallest absolute Gasteiger partial charge is 0.277 e. The number of halogens is 1. The van der Waals surface area contributed by atoms with Crippen LogP contribution in [0.4, 0.5) is 5.82 Å². The lowest BCUT2D eigenvalue weighted by Gasteiger charge is -2.09. The van der Waals surface area contributed by atoms with Gasteiger partial charge in [0, 0.05) is 6.20 Å². The van der Waals surface area contributed by atoms with Gasteiger partial charge >= 0.3 is 0 Å². The molecule has 2 aromatic heterocycles. The molecule has 0 bridgehead atoms. The monoisotopic (exact) mass is 432 g/mol. The normalized spacial score (nSPS) is 10.5. The molecule has 1 amide bonds. The Balaban J connectivity index is 1.49. The largest absolute Gasteiger partial charge is 0.470 e. The van der Waals surface area contributed by atoms with Crippen molar-refractivity contribution in [1.29, 1.82) is 5.26 Å². The molecule has 0 spiro atoms. The number of amides is 1. The third-order valence-corrected chi connectivity index (χ3v) is 4.75. The first-order valence-corrected chi connectivity index (χ1v) is 9.70. The summed E-state index contributed by atoms with van der Waals surface area (Å²) in [7, 11) is 0. The third kappa shape index (κ3) is 4.42. The molecule has 4 rings (SSSR count). The lowest BCUT2D eigenvalue weighted by atomic mass is 10.2. The number of aryl methyl sites for hydroxylation is 1. The Kier molecular flexibility index (Phi) is 5.69. The minimum Gasteiger partial charge on any atom is -0.470 e. The first-order valence-electron chi connectivity index (χ1n) is 9.32. The zero-order valence-corrected chi connectivity index (χ0v) is 17.2.